The van der Waals surface area contributed by atoms with E-state index in [0.717, 1.165) is 0 Å². The Morgan fingerprint density at radius 3 is 1.14 bits per heavy atom. The highest BCUT2D eigenvalue weighted by Crippen LogP contribution is 1.47. The van der Waals surface area contributed by atoms with Gasteiger partial charge in [0.05, 0.1) is 0 Å². The predicted octanol–water partition coefficient (Wildman–Crippen LogP) is -0.912. The van der Waals surface area contributed by atoms with Crippen molar-refractivity contribution in [2.45, 2.75) is 0 Å². The van der Waals surface area contributed by atoms with Gasteiger partial charge in [0.2, 0.25) is 0 Å². The maximum absolute atomic E-state index is 4.42. The Morgan fingerprint density at radius 1 is 1.14 bits per heavy atom. The van der Waals surface area contributed by atoms with Crippen LogP contribution in [-0.2, 0) is 0 Å². The fraction of sp³-hybridized carbons (Fsp3) is 1.00. The van der Waals surface area contributed by atoms with E-state index in [0.29, 0.717) is 0 Å². The Kier molecular flexibility index (Phi) is 36.3. The van der Waals surface area contributed by atoms with Crippen LogP contribution in [0.3, 0.4) is 0 Å². The zero-order chi connectivity index (χ0) is 5.58. The lowest BCUT2D eigenvalue weighted by molar-refractivity contribution is 0.505. The second-order valence-corrected chi connectivity index (χ2v) is 1.34. The van der Waals surface area contributed by atoms with E-state index < -0.39 is 0 Å². The fourth-order valence-electron chi connectivity index (χ4n) is 0. The molecule has 0 rings (SSSR count). The van der Waals surface area contributed by atoms with E-state index in [1.54, 1.807) is 0 Å². The first-order valence-electron chi connectivity index (χ1n) is 1.67. The van der Waals surface area contributed by atoms with Crippen molar-refractivity contribution in [2.24, 2.45) is 5.50 Å². The summed E-state index contributed by atoms with van der Waals surface area (Å²) in [4.78, 5) is 2.00. The summed E-state index contributed by atoms with van der Waals surface area (Å²) in [5.74, 6) is 0. The van der Waals surface area contributed by atoms with Gasteiger partial charge in [0.15, 0.2) is 0 Å². The Bertz CT molecular complexity index is 17.7. The summed E-state index contributed by atoms with van der Waals surface area (Å²) in [6.45, 7) is 0. The molecule has 0 aromatic heterocycles. The van der Waals surface area contributed by atoms with Gasteiger partial charge in [-0.2, -0.15) is 0 Å². The molecule has 48 valence electrons. The summed E-state index contributed by atoms with van der Waals surface area (Å²) < 4.78 is 0. The zero-order valence-corrected chi connectivity index (χ0v) is 6.26. The van der Waals surface area contributed by atoms with Crippen LogP contribution >= 0.6 is 9.39 Å². The van der Waals surface area contributed by atoms with E-state index in [-0.39, 0.29) is 5.48 Å². The van der Waals surface area contributed by atoms with Gasteiger partial charge in [0.25, 0.3) is 0 Å². The van der Waals surface area contributed by atoms with Crippen molar-refractivity contribution in [3.63, 3.8) is 0 Å². The van der Waals surface area contributed by atoms with E-state index in [2.05, 4.69) is 5.50 Å². The van der Waals surface area contributed by atoms with Gasteiger partial charge in [-0.3, -0.25) is 0 Å². The number of rotatable bonds is 0. The van der Waals surface area contributed by atoms with E-state index in [1.807, 2.05) is 35.4 Å². The molecule has 0 aromatic rings. The van der Waals surface area contributed by atoms with Crippen LogP contribution in [0.2, 0.25) is 0 Å². The summed E-state index contributed by atoms with van der Waals surface area (Å²) in [5.41, 5.74) is 4.42. The van der Waals surface area contributed by atoms with Gasteiger partial charge < -0.3 is 15.9 Å². The molecule has 0 heterocycles. The van der Waals surface area contributed by atoms with Gasteiger partial charge in [-0.15, -0.1) is 0 Å². The Morgan fingerprint density at radius 2 is 1.14 bits per heavy atom. The van der Waals surface area contributed by atoms with Crippen molar-refractivity contribution < 1.29 is 5.48 Å². The van der Waals surface area contributed by atoms with E-state index in [1.165, 1.54) is 0 Å². The van der Waals surface area contributed by atoms with Gasteiger partial charge in [0, 0.05) is 0 Å². The molecule has 4 heteroatoms. The van der Waals surface area contributed by atoms with Gasteiger partial charge in [0.1, 0.15) is 0 Å². The standard InChI is InChI=1S/C3H9N.H4NP.H2O/c1-4(2)3;1-2;/h1-3H3;1-2H2;1H2. The quantitative estimate of drug-likeness (QED) is 0.427. The molecular weight excluding hydrogens is 111 g/mol. The average molecular weight is 126 g/mol. The molecule has 1 atom stereocenters. The number of nitrogens with zero attached hydrogens (tertiary/aromatic N) is 1. The first-order valence-corrected chi connectivity index (χ1v) is 2.34. The van der Waals surface area contributed by atoms with E-state index >= 15 is 0 Å². The number of hydrogen-bond donors (Lipinski definition) is 1. The Labute approximate surface area is 47.4 Å². The van der Waals surface area contributed by atoms with Crippen molar-refractivity contribution in [1.82, 2.24) is 4.90 Å². The highest BCUT2D eigenvalue weighted by Gasteiger charge is 1.58. The number of nitrogens with two attached hydrogens (primary N) is 1. The van der Waals surface area contributed by atoms with Gasteiger partial charge in [-0.05, 0) is 21.1 Å². The monoisotopic (exact) mass is 126 g/mol. The zero-order valence-electron chi connectivity index (χ0n) is 5.10. The highest BCUT2D eigenvalue weighted by atomic mass is 31.0. The third-order valence-electron chi connectivity index (χ3n) is 0. The maximum Gasteiger partial charge on any atom is -0.0140 e. The van der Waals surface area contributed by atoms with Crippen LogP contribution in [0.4, 0.5) is 0 Å². The molecule has 3 nitrogen and oxygen atoms in total. The largest absolute Gasteiger partial charge is 0.412 e. The van der Waals surface area contributed by atoms with Crippen molar-refractivity contribution >= 4 is 9.39 Å². The molecule has 0 aromatic carbocycles. The summed E-state index contributed by atoms with van der Waals surface area (Å²) in [7, 11) is 7.92. The van der Waals surface area contributed by atoms with E-state index in [4.69, 9.17) is 0 Å². The minimum absolute atomic E-state index is 0. The normalized spacial score (nSPS) is 6.00. The third kappa shape index (κ3) is 1220. The van der Waals surface area contributed by atoms with E-state index in [9.17, 15) is 0 Å². The molecule has 0 aliphatic rings. The van der Waals surface area contributed by atoms with Crippen LogP contribution in [0.25, 0.3) is 0 Å². The van der Waals surface area contributed by atoms with Crippen molar-refractivity contribution in [3.8, 4) is 0 Å². The smallest absolute Gasteiger partial charge is 0.0140 e. The van der Waals surface area contributed by atoms with Gasteiger partial charge in [-0.1, -0.05) is 9.39 Å². The van der Waals surface area contributed by atoms with Crippen LogP contribution in [0.1, 0.15) is 0 Å². The van der Waals surface area contributed by atoms with Crippen LogP contribution in [0.15, 0.2) is 0 Å². The Balaban J connectivity index is -0.0000000480. The van der Waals surface area contributed by atoms with Crippen molar-refractivity contribution in [3.05, 3.63) is 0 Å². The first kappa shape index (κ1) is 15.7. The molecule has 0 bridgehead atoms. The van der Waals surface area contributed by atoms with Crippen LogP contribution in [-0.4, -0.2) is 31.5 Å². The molecule has 0 spiro atoms. The fourth-order valence-corrected chi connectivity index (χ4v) is 0. The first-order chi connectivity index (χ1) is 2.73. The lowest BCUT2D eigenvalue weighted by Crippen LogP contribution is -1.99. The third-order valence-corrected chi connectivity index (χ3v) is 0. The molecule has 0 fully saturated rings. The molecule has 0 aliphatic carbocycles. The SMILES string of the molecule is CN(C)C.NP.O. The molecule has 4 N–H and O–H groups in total. The highest BCUT2D eigenvalue weighted by molar-refractivity contribution is 7.13. The lowest BCUT2D eigenvalue weighted by Gasteiger charge is -1.90. The average Bonchev–Trinajstić information content (AvgIpc) is 1.41. The lowest BCUT2D eigenvalue weighted by atomic mass is 11.0. The number of hydrogen-bond acceptors (Lipinski definition) is 2. The summed E-state index contributed by atoms with van der Waals surface area (Å²) in [6, 6.07) is 0. The molecule has 0 radical (unpaired) electrons. The molecule has 0 saturated carbocycles. The molecule has 7 heavy (non-hydrogen) atoms. The van der Waals surface area contributed by atoms with Crippen molar-refractivity contribution in [1.29, 1.82) is 0 Å². The molecule has 0 amide bonds. The minimum atomic E-state index is 0. The summed E-state index contributed by atoms with van der Waals surface area (Å²) in [5, 5.41) is 0. The second kappa shape index (κ2) is 16.2. The van der Waals surface area contributed by atoms with Crippen molar-refractivity contribution in [2.75, 3.05) is 21.1 Å². The van der Waals surface area contributed by atoms with Gasteiger partial charge >= 0.3 is 0 Å². The summed E-state index contributed by atoms with van der Waals surface area (Å²) >= 11 is 0. The molecule has 1 unspecified atom stereocenters. The molecule has 0 saturated heterocycles. The van der Waals surface area contributed by atoms with Crippen LogP contribution < -0.4 is 5.50 Å². The topological polar surface area (TPSA) is 60.8 Å². The van der Waals surface area contributed by atoms with Crippen LogP contribution in [0.5, 0.6) is 0 Å². The molecular formula is C3H15N2OP. The Hall–Kier alpha value is 0.310. The predicted molar refractivity (Wildman–Crippen MR) is 37.1 cm³/mol. The van der Waals surface area contributed by atoms with Gasteiger partial charge in [-0.25, -0.2) is 0 Å². The summed E-state index contributed by atoms with van der Waals surface area (Å²) in [6.07, 6.45) is 0. The van der Waals surface area contributed by atoms with Crippen LogP contribution in [0, 0.1) is 0 Å². The minimum Gasteiger partial charge on any atom is -0.412 e. The maximum atomic E-state index is 4.42. The molecule has 0 aliphatic heterocycles. The second-order valence-electron chi connectivity index (χ2n) is 1.34.